The largest absolute Gasteiger partial charge is 0.481 e. The molecule has 1 aromatic carbocycles. The molecule has 0 amide bonds. The standard InChI is InChI=1S/C16H22FNO2/c1-10-5-6-11(17)7-12(10)13-8-18(16(2,3)4)9-14(13)15(19)20/h5-7,13-14H,8-9H2,1-4H3,(H,19,20)/t13-,14+/m0/s1. The molecule has 0 saturated carbocycles. The number of aryl methyl sites for hydroxylation is 1. The van der Waals surface area contributed by atoms with Crippen LogP contribution in [0.3, 0.4) is 0 Å². The van der Waals surface area contributed by atoms with Gasteiger partial charge in [0.1, 0.15) is 5.82 Å². The molecule has 2 rings (SSSR count). The SMILES string of the molecule is Cc1ccc(F)cc1[C@@H]1CN(C(C)(C)C)C[C@H]1C(=O)O. The fourth-order valence-corrected chi connectivity index (χ4v) is 2.93. The van der Waals surface area contributed by atoms with Gasteiger partial charge >= 0.3 is 5.97 Å². The minimum atomic E-state index is -0.801. The predicted molar refractivity (Wildman–Crippen MR) is 76.3 cm³/mol. The van der Waals surface area contributed by atoms with Gasteiger partial charge in [0.2, 0.25) is 0 Å². The minimum Gasteiger partial charge on any atom is -0.481 e. The zero-order valence-corrected chi connectivity index (χ0v) is 12.5. The normalized spacial score (nSPS) is 24.1. The van der Waals surface area contributed by atoms with E-state index < -0.39 is 11.9 Å². The second kappa shape index (κ2) is 5.17. The van der Waals surface area contributed by atoms with E-state index in [0.29, 0.717) is 13.1 Å². The van der Waals surface area contributed by atoms with Gasteiger partial charge in [-0.25, -0.2) is 4.39 Å². The number of rotatable bonds is 2. The first kappa shape index (κ1) is 15.0. The third-order valence-corrected chi connectivity index (χ3v) is 4.23. The molecular weight excluding hydrogens is 257 g/mol. The lowest BCUT2D eigenvalue weighted by molar-refractivity contribution is -0.141. The molecule has 1 aromatic rings. The summed E-state index contributed by atoms with van der Waals surface area (Å²) >= 11 is 0. The number of benzene rings is 1. The van der Waals surface area contributed by atoms with Gasteiger partial charge in [-0.3, -0.25) is 9.69 Å². The Bertz CT molecular complexity index is 522. The van der Waals surface area contributed by atoms with Crippen molar-refractivity contribution >= 4 is 5.97 Å². The van der Waals surface area contributed by atoms with Gasteiger partial charge in [0, 0.05) is 24.5 Å². The molecule has 0 unspecified atom stereocenters. The topological polar surface area (TPSA) is 40.5 Å². The van der Waals surface area contributed by atoms with Gasteiger partial charge in [-0.1, -0.05) is 6.07 Å². The number of hydrogen-bond acceptors (Lipinski definition) is 2. The predicted octanol–water partition coefficient (Wildman–Crippen LogP) is 3.03. The summed E-state index contributed by atoms with van der Waals surface area (Å²) < 4.78 is 13.5. The molecule has 1 fully saturated rings. The first-order valence-corrected chi connectivity index (χ1v) is 6.94. The lowest BCUT2D eigenvalue weighted by Gasteiger charge is -2.31. The summed E-state index contributed by atoms with van der Waals surface area (Å²) in [5.74, 6) is -1.73. The average molecular weight is 279 g/mol. The van der Waals surface area contributed by atoms with Crippen molar-refractivity contribution in [2.75, 3.05) is 13.1 Å². The maximum atomic E-state index is 13.5. The molecule has 1 saturated heterocycles. The van der Waals surface area contributed by atoms with Gasteiger partial charge in [-0.2, -0.15) is 0 Å². The van der Waals surface area contributed by atoms with E-state index in [4.69, 9.17) is 0 Å². The number of hydrogen-bond donors (Lipinski definition) is 1. The fourth-order valence-electron chi connectivity index (χ4n) is 2.93. The third-order valence-electron chi connectivity index (χ3n) is 4.23. The van der Waals surface area contributed by atoms with Crippen molar-refractivity contribution in [1.29, 1.82) is 0 Å². The molecule has 0 aromatic heterocycles. The number of likely N-dealkylation sites (tertiary alicyclic amines) is 1. The van der Waals surface area contributed by atoms with Gasteiger partial charge in [-0.05, 0) is 51.0 Å². The molecule has 0 spiro atoms. The molecule has 110 valence electrons. The Morgan fingerprint density at radius 3 is 2.55 bits per heavy atom. The lowest BCUT2D eigenvalue weighted by Crippen LogP contribution is -2.40. The van der Waals surface area contributed by atoms with Crippen LogP contribution in [0.1, 0.15) is 37.8 Å². The molecule has 1 N–H and O–H groups in total. The van der Waals surface area contributed by atoms with Crippen LogP contribution in [0.4, 0.5) is 4.39 Å². The van der Waals surface area contributed by atoms with Crippen LogP contribution in [0.25, 0.3) is 0 Å². The minimum absolute atomic E-state index is 0.0797. The number of carboxylic acid groups (broad SMARTS) is 1. The van der Waals surface area contributed by atoms with Crippen LogP contribution in [-0.4, -0.2) is 34.6 Å². The summed E-state index contributed by atoms with van der Waals surface area (Å²) in [5, 5.41) is 9.47. The molecule has 0 bridgehead atoms. The van der Waals surface area contributed by atoms with E-state index in [2.05, 4.69) is 25.7 Å². The number of halogens is 1. The zero-order valence-electron chi connectivity index (χ0n) is 12.5. The van der Waals surface area contributed by atoms with Crippen LogP contribution in [0.2, 0.25) is 0 Å². The van der Waals surface area contributed by atoms with Crippen LogP contribution in [0.5, 0.6) is 0 Å². The molecule has 3 nitrogen and oxygen atoms in total. The highest BCUT2D eigenvalue weighted by molar-refractivity contribution is 5.72. The zero-order chi connectivity index (χ0) is 15.1. The first-order chi connectivity index (χ1) is 9.20. The lowest BCUT2D eigenvalue weighted by atomic mass is 9.86. The summed E-state index contributed by atoms with van der Waals surface area (Å²) in [6.45, 7) is 9.31. The first-order valence-electron chi connectivity index (χ1n) is 6.94. The van der Waals surface area contributed by atoms with E-state index in [0.717, 1.165) is 11.1 Å². The van der Waals surface area contributed by atoms with Crippen molar-refractivity contribution in [3.8, 4) is 0 Å². The Balaban J connectivity index is 2.38. The second-order valence-corrected chi connectivity index (χ2v) is 6.63. The molecule has 0 aliphatic carbocycles. The molecular formula is C16H22FNO2. The van der Waals surface area contributed by atoms with E-state index in [-0.39, 0.29) is 17.3 Å². The number of carboxylic acids is 1. The highest BCUT2D eigenvalue weighted by Gasteiger charge is 2.42. The molecule has 1 aliphatic heterocycles. The smallest absolute Gasteiger partial charge is 0.308 e. The maximum Gasteiger partial charge on any atom is 0.308 e. The Hall–Kier alpha value is -1.42. The van der Waals surface area contributed by atoms with Crippen molar-refractivity contribution in [3.63, 3.8) is 0 Å². The fraction of sp³-hybridized carbons (Fsp3) is 0.562. The summed E-state index contributed by atoms with van der Waals surface area (Å²) in [6.07, 6.45) is 0. The van der Waals surface area contributed by atoms with Crippen molar-refractivity contribution < 1.29 is 14.3 Å². The highest BCUT2D eigenvalue weighted by Crippen LogP contribution is 2.37. The third kappa shape index (κ3) is 2.85. The Morgan fingerprint density at radius 2 is 2.00 bits per heavy atom. The highest BCUT2D eigenvalue weighted by atomic mass is 19.1. The summed E-state index contributed by atoms with van der Waals surface area (Å²) in [4.78, 5) is 13.7. The summed E-state index contributed by atoms with van der Waals surface area (Å²) in [6, 6.07) is 4.64. The second-order valence-electron chi connectivity index (χ2n) is 6.63. The summed E-state index contributed by atoms with van der Waals surface area (Å²) in [5.41, 5.74) is 1.70. The average Bonchev–Trinajstić information content (AvgIpc) is 2.77. The van der Waals surface area contributed by atoms with Crippen molar-refractivity contribution in [3.05, 3.63) is 35.1 Å². The Labute approximate surface area is 119 Å². The van der Waals surface area contributed by atoms with E-state index in [1.54, 1.807) is 6.07 Å². The van der Waals surface area contributed by atoms with Crippen LogP contribution in [0, 0.1) is 18.7 Å². The Kier molecular flexibility index (Phi) is 3.87. The van der Waals surface area contributed by atoms with E-state index >= 15 is 0 Å². The van der Waals surface area contributed by atoms with E-state index in [1.807, 2.05) is 6.92 Å². The molecule has 4 heteroatoms. The van der Waals surface area contributed by atoms with E-state index in [9.17, 15) is 14.3 Å². The summed E-state index contributed by atoms with van der Waals surface area (Å²) in [7, 11) is 0. The quantitative estimate of drug-likeness (QED) is 0.904. The number of carbonyl (C=O) groups is 1. The maximum absolute atomic E-state index is 13.5. The molecule has 20 heavy (non-hydrogen) atoms. The van der Waals surface area contributed by atoms with E-state index in [1.165, 1.54) is 12.1 Å². The number of nitrogens with zero attached hydrogens (tertiary/aromatic N) is 1. The molecule has 1 heterocycles. The van der Waals surface area contributed by atoms with Crippen molar-refractivity contribution in [2.24, 2.45) is 5.92 Å². The van der Waals surface area contributed by atoms with Crippen molar-refractivity contribution in [2.45, 2.75) is 39.2 Å². The molecule has 1 aliphatic rings. The van der Waals surface area contributed by atoms with Gasteiger partial charge in [0.05, 0.1) is 5.92 Å². The van der Waals surface area contributed by atoms with Crippen LogP contribution < -0.4 is 0 Å². The van der Waals surface area contributed by atoms with Crippen LogP contribution >= 0.6 is 0 Å². The number of aliphatic carboxylic acids is 1. The van der Waals surface area contributed by atoms with Gasteiger partial charge in [0.15, 0.2) is 0 Å². The van der Waals surface area contributed by atoms with Gasteiger partial charge in [0.25, 0.3) is 0 Å². The molecule has 2 atom stereocenters. The Morgan fingerprint density at radius 1 is 1.35 bits per heavy atom. The monoisotopic (exact) mass is 279 g/mol. The van der Waals surface area contributed by atoms with Crippen LogP contribution in [0.15, 0.2) is 18.2 Å². The van der Waals surface area contributed by atoms with Crippen LogP contribution in [-0.2, 0) is 4.79 Å². The molecule has 0 radical (unpaired) electrons. The van der Waals surface area contributed by atoms with Gasteiger partial charge in [-0.15, -0.1) is 0 Å². The van der Waals surface area contributed by atoms with Gasteiger partial charge < -0.3 is 5.11 Å². The van der Waals surface area contributed by atoms with Crippen molar-refractivity contribution in [1.82, 2.24) is 4.90 Å².